The lowest BCUT2D eigenvalue weighted by molar-refractivity contribution is -0.137. The monoisotopic (exact) mass is 343 g/mol. The summed E-state index contributed by atoms with van der Waals surface area (Å²) in [4.78, 5) is 24.2. The lowest BCUT2D eigenvalue weighted by Crippen LogP contribution is -2.29. The van der Waals surface area contributed by atoms with Gasteiger partial charge >= 0.3 is 5.97 Å². The van der Waals surface area contributed by atoms with E-state index in [4.69, 9.17) is 9.84 Å². The molecule has 1 aromatic carbocycles. The predicted molar refractivity (Wildman–Crippen MR) is 79.1 cm³/mol. The second kappa shape index (κ2) is 7.28. The van der Waals surface area contributed by atoms with Crippen LogP contribution in [0.4, 0.5) is 0 Å². The number of ether oxygens (including phenoxy) is 1. The van der Waals surface area contributed by atoms with E-state index >= 15 is 0 Å². The van der Waals surface area contributed by atoms with Crippen LogP contribution in [-0.2, 0) is 4.79 Å². The lowest BCUT2D eigenvalue weighted by Gasteiger charge is -2.19. The summed E-state index contributed by atoms with van der Waals surface area (Å²) < 4.78 is 6.45. The maximum absolute atomic E-state index is 12.3. The third-order valence-corrected chi connectivity index (χ3v) is 3.04. The van der Waals surface area contributed by atoms with Crippen LogP contribution in [0.5, 0.6) is 5.75 Å². The normalized spacial score (nSPS) is 10.4. The summed E-state index contributed by atoms with van der Waals surface area (Å²) >= 11 is 3.34. The number of aliphatic carboxylic acids is 1. The minimum atomic E-state index is -0.931. The Hall–Kier alpha value is -1.56. The van der Waals surface area contributed by atoms with Crippen LogP contribution in [0.25, 0.3) is 0 Å². The highest BCUT2D eigenvalue weighted by atomic mass is 79.9. The number of hydrogen-bond acceptors (Lipinski definition) is 3. The molecule has 0 fully saturated rings. The molecule has 0 heterocycles. The van der Waals surface area contributed by atoms with Crippen LogP contribution >= 0.6 is 15.9 Å². The zero-order chi connectivity index (χ0) is 15.3. The molecule has 0 bridgehead atoms. The van der Waals surface area contributed by atoms with E-state index in [0.717, 1.165) is 4.47 Å². The van der Waals surface area contributed by atoms with Crippen molar-refractivity contribution in [3.05, 3.63) is 28.2 Å². The number of rotatable bonds is 6. The Morgan fingerprint density at radius 1 is 1.40 bits per heavy atom. The van der Waals surface area contributed by atoms with Gasteiger partial charge in [0.05, 0.1) is 18.1 Å². The van der Waals surface area contributed by atoms with Gasteiger partial charge in [0.25, 0.3) is 5.91 Å². The fourth-order valence-electron chi connectivity index (χ4n) is 1.59. The highest BCUT2D eigenvalue weighted by Gasteiger charge is 2.18. The highest BCUT2D eigenvalue weighted by molar-refractivity contribution is 9.10. The van der Waals surface area contributed by atoms with Crippen LogP contribution in [0.1, 0.15) is 30.6 Å². The van der Waals surface area contributed by atoms with Crippen molar-refractivity contribution in [2.45, 2.75) is 26.4 Å². The van der Waals surface area contributed by atoms with Crippen LogP contribution in [-0.4, -0.2) is 41.6 Å². The van der Waals surface area contributed by atoms with Crippen molar-refractivity contribution >= 4 is 27.8 Å². The number of carbonyl (C=O) groups excluding carboxylic acids is 1. The van der Waals surface area contributed by atoms with Gasteiger partial charge in [-0.15, -0.1) is 0 Å². The molecule has 0 aliphatic carbocycles. The average Bonchev–Trinajstić information content (AvgIpc) is 2.34. The molecular weight excluding hydrogens is 326 g/mol. The predicted octanol–water partition coefficient (Wildman–Crippen LogP) is 2.78. The van der Waals surface area contributed by atoms with E-state index < -0.39 is 5.97 Å². The van der Waals surface area contributed by atoms with Gasteiger partial charge in [0.1, 0.15) is 5.75 Å². The quantitative estimate of drug-likeness (QED) is 0.862. The summed E-state index contributed by atoms with van der Waals surface area (Å²) in [5, 5.41) is 8.66. The van der Waals surface area contributed by atoms with Crippen molar-refractivity contribution < 1.29 is 19.4 Å². The van der Waals surface area contributed by atoms with Crippen LogP contribution in [0.2, 0.25) is 0 Å². The maximum Gasteiger partial charge on any atom is 0.305 e. The van der Waals surface area contributed by atoms with Gasteiger partial charge in [0.15, 0.2) is 0 Å². The van der Waals surface area contributed by atoms with Gasteiger partial charge in [-0.2, -0.15) is 0 Å². The molecule has 5 nitrogen and oxygen atoms in total. The Kier molecular flexibility index (Phi) is 6.01. The van der Waals surface area contributed by atoms with Crippen LogP contribution in [0.15, 0.2) is 22.7 Å². The summed E-state index contributed by atoms with van der Waals surface area (Å²) in [6.07, 6.45) is -0.140. The summed E-state index contributed by atoms with van der Waals surface area (Å²) in [5.74, 6) is -0.699. The van der Waals surface area contributed by atoms with Crippen molar-refractivity contribution in [2.75, 3.05) is 13.6 Å². The summed E-state index contributed by atoms with van der Waals surface area (Å²) in [5.41, 5.74) is 0.426. The van der Waals surface area contributed by atoms with Gasteiger partial charge in [-0.3, -0.25) is 9.59 Å². The first-order valence-corrected chi connectivity index (χ1v) is 7.04. The molecule has 0 spiro atoms. The van der Waals surface area contributed by atoms with Crippen LogP contribution < -0.4 is 4.74 Å². The van der Waals surface area contributed by atoms with Crippen molar-refractivity contribution in [3.8, 4) is 5.75 Å². The van der Waals surface area contributed by atoms with Gasteiger partial charge in [-0.05, 0) is 32.0 Å². The smallest absolute Gasteiger partial charge is 0.305 e. The molecule has 0 aliphatic heterocycles. The number of carbonyl (C=O) groups is 2. The number of halogens is 1. The Morgan fingerprint density at radius 3 is 2.60 bits per heavy atom. The highest BCUT2D eigenvalue weighted by Crippen LogP contribution is 2.26. The molecule has 0 aromatic heterocycles. The number of amides is 1. The number of carboxylic acid groups (broad SMARTS) is 1. The zero-order valence-electron chi connectivity index (χ0n) is 11.7. The van der Waals surface area contributed by atoms with Crippen molar-refractivity contribution in [1.82, 2.24) is 4.90 Å². The summed E-state index contributed by atoms with van der Waals surface area (Å²) in [6.45, 7) is 3.91. The average molecular weight is 344 g/mol. The van der Waals surface area contributed by atoms with E-state index in [-0.39, 0.29) is 25.0 Å². The Balaban J connectivity index is 2.93. The molecule has 1 rings (SSSR count). The second-order valence-electron chi connectivity index (χ2n) is 4.68. The fraction of sp³-hybridized carbons (Fsp3) is 0.429. The molecule has 0 atom stereocenters. The van der Waals surface area contributed by atoms with E-state index in [9.17, 15) is 9.59 Å². The largest absolute Gasteiger partial charge is 0.490 e. The Morgan fingerprint density at radius 2 is 2.05 bits per heavy atom. The third-order valence-electron chi connectivity index (χ3n) is 2.54. The molecule has 0 saturated carbocycles. The zero-order valence-corrected chi connectivity index (χ0v) is 13.3. The van der Waals surface area contributed by atoms with Crippen molar-refractivity contribution in [3.63, 3.8) is 0 Å². The van der Waals surface area contributed by atoms with E-state index in [2.05, 4.69) is 15.9 Å². The fourth-order valence-corrected chi connectivity index (χ4v) is 1.93. The van der Waals surface area contributed by atoms with E-state index in [0.29, 0.717) is 11.3 Å². The van der Waals surface area contributed by atoms with Gasteiger partial charge in [-0.25, -0.2) is 0 Å². The van der Waals surface area contributed by atoms with Crippen molar-refractivity contribution in [1.29, 1.82) is 0 Å². The molecular formula is C14H18BrNO4. The third kappa shape index (κ3) is 4.85. The summed E-state index contributed by atoms with van der Waals surface area (Å²) in [6, 6.07) is 5.16. The molecule has 1 aromatic rings. The molecule has 0 radical (unpaired) electrons. The molecule has 20 heavy (non-hydrogen) atoms. The minimum absolute atomic E-state index is 0.0554. The van der Waals surface area contributed by atoms with Crippen LogP contribution in [0.3, 0.4) is 0 Å². The van der Waals surface area contributed by atoms with E-state index in [1.54, 1.807) is 25.2 Å². The number of benzene rings is 1. The maximum atomic E-state index is 12.3. The number of hydrogen-bond donors (Lipinski definition) is 1. The summed E-state index contributed by atoms with van der Waals surface area (Å²) in [7, 11) is 1.58. The van der Waals surface area contributed by atoms with Gasteiger partial charge in [0.2, 0.25) is 0 Å². The first kappa shape index (κ1) is 16.5. The van der Waals surface area contributed by atoms with Gasteiger partial charge in [0, 0.05) is 18.1 Å². The van der Waals surface area contributed by atoms with Crippen LogP contribution in [0, 0.1) is 0 Å². The lowest BCUT2D eigenvalue weighted by atomic mass is 10.1. The SMILES string of the molecule is CC(C)Oc1cc(Br)ccc1C(=O)N(C)CCC(=O)O. The first-order valence-electron chi connectivity index (χ1n) is 6.24. The molecule has 1 N–H and O–H groups in total. The molecule has 0 saturated heterocycles. The van der Waals surface area contributed by atoms with E-state index in [1.807, 2.05) is 13.8 Å². The van der Waals surface area contributed by atoms with E-state index in [1.165, 1.54) is 4.90 Å². The topological polar surface area (TPSA) is 66.8 Å². The second-order valence-corrected chi connectivity index (χ2v) is 5.59. The Bertz CT molecular complexity index is 502. The molecule has 0 aliphatic rings. The number of nitrogens with zero attached hydrogens (tertiary/aromatic N) is 1. The first-order chi connectivity index (χ1) is 9.31. The molecule has 110 valence electrons. The van der Waals surface area contributed by atoms with Gasteiger partial charge < -0.3 is 14.7 Å². The molecule has 6 heteroatoms. The molecule has 0 unspecified atom stereocenters. The minimum Gasteiger partial charge on any atom is -0.490 e. The van der Waals surface area contributed by atoms with Gasteiger partial charge in [-0.1, -0.05) is 15.9 Å². The van der Waals surface area contributed by atoms with Crippen molar-refractivity contribution in [2.24, 2.45) is 0 Å². The standard InChI is InChI=1S/C14H18BrNO4/c1-9(2)20-12-8-10(15)4-5-11(12)14(19)16(3)7-6-13(17)18/h4-5,8-9H,6-7H2,1-3H3,(H,17,18). The Labute approximate surface area is 126 Å². The molecule has 1 amide bonds. The number of carboxylic acids is 1.